The zero-order valence-electron chi connectivity index (χ0n) is 16.1. The fourth-order valence-electron chi connectivity index (χ4n) is 3.44. The normalized spacial score (nSPS) is 18.5. The minimum absolute atomic E-state index is 0.0607. The number of rotatable bonds is 9. The Morgan fingerprint density at radius 2 is 2.08 bits per heavy atom. The molecule has 0 bridgehead atoms. The molecule has 0 amide bonds. The van der Waals surface area contributed by atoms with Crippen molar-refractivity contribution in [1.29, 1.82) is 5.26 Å². The fourth-order valence-corrected chi connectivity index (χ4v) is 4.98. The molecule has 1 fully saturated rings. The molecule has 1 aliphatic rings. The smallest absolute Gasteiger partial charge is 0.218 e. The number of nitrogens with zero attached hydrogens (tertiary/aromatic N) is 4. The second kappa shape index (κ2) is 9.47. The van der Waals surface area contributed by atoms with Crippen molar-refractivity contribution in [2.45, 2.75) is 31.6 Å². The first-order valence-electron chi connectivity index (χ1n) is 9.21. The van der Waals surface area contributed by atoms with Gasteiger partial charge in [0.05, 0.1) is 17.4 Å². The Morgan fingerprint density at radius 3 is 2.73 bits per heavy atom. The van der Waals surface area contributed by atoms with Gasteiger partial charge in [-0.1, -0.05) is 19.1 Å². The first-order chi connectivity index (χ1) is 12.4. The van der Waals surface area contributed by atoms with Gasteiger partial charge in [-0.3, -0.25) is 4.90 Å². The summed E-state index contributed by atoms with van der Waals surface area (Å²) in [6.45, 7) is 5.85. The van der Waals surface area contributed by atoms with Crippen molar-refractivity contribution in [2.75, 3.05) is 46.8 Å². The molecular weight excluding hydrogens is 348 g/mol. The van der Waals surface area contributed by atoms with Gasteiger partial charge in [-0.25, -0.2) is 8.42 Å². The van der Waals surface area contributed by atoms with Crippen LogP contribution >= 0.6 is 0 Å². The third kappa shape index (κ3) is 5.78. The Labute approximate surface area is 158 Å². The Morgan fingerprint density at radius 1 is 1.31 bits per heavy atom. The summed E-state index contributed by atoms with van der Waals surface area (Å²) in [6, 6.07) is 9.23. The summed E-state index contributed by atoms with van der Waals surface area (Å²) < 4.78 is 27.8. The van der Waals surface area contributed by atoms with Crippen molar-refractivity contribution in [3.8, 4) is 6.07 Å². The highest BCUT2D eigenvalue weighted by molar-refractivity contribution is 7.88. The predicted octanol–water partition coefficient (Wildman–Crippen LogP) is 1.74. The highest BCUT2D eigenvalue weighted by atomic mass is 32.2. The molecule has 0 aliphatic carbocycles. The molecule has 1 atom stereocenters. The van der Waals surface area contributed by atoms with Crippen LogP contribution in [0.25, 0.3) is 0 Å². The average Bonchev–Trinajstić information content (AvgIpc) is 3.05. The maximum atomic E-state index is 13.1. The van der Waals surface area contributed by atoms with Crippen molar-refractivity contribution in [1.82, 2.24) is 14.1 Å². The molecule has 1 unspecified atom stereocenters. The molecule has 0 aromatic heterocycles. The fraction of sp³-hybridized carbons (Fsp3) is 0.632. The monoisotopic (exact) mass is 378 g/mol. The van der Waals surface area contributed by atoms with Gasteiger partial charge >= 0.3 is 0 Å². The lowest BCUT2D eigenvalue weighted by atomic mass is 10.2. The van der Waals surface area contributed by atoms with E-state index in [-0.39, 0.29) is 5.75 Å². The second-order valence-electron chi connectivity index (χ2n) is 7.15. The van der Waals surface area contributed by atoms with Crippen LogP contribution in [0.5, 0.6) is 0 Å². The lowest BCUT2D eigenvalue weighted by molar-refractivity contribution is 0.219. The quantitative estimate of drug-likeness (QED) is 0.655. The molecule has 1 aromatic carbocycles. The van der Waals surface area contributed by atoms with Gasteiger partial charge in [-0.05, 0) is 57.7 Å². The van der Waals surface area contributed by atoms with Crippen LogP contribution in [-0.2, 0) is 15.8 Å². The van der Waals surface area contributed by atoms with Crippen LogP contribution in [0.15, 0.2) is 24.3 Å². The summed E-state index contributed by atoms with van der Waals surface area (Å²) in [5, 5.41) is 9.04. The van der Waals surface area contributed by atoms with Crippen LogP contribution in [0, 0.1) is 11.3 Å². The van der Waals surface area contributed by atoms with Gasteiger partial charge in [0.2, 0.25) is 10.0 Å². The third-order valence-corrected chi connectivity index (χ3v) is 6.73. The van der Waals surface area contributed by atoms with E-state index in [9.17, 15) is 8.42 Å². The molecule has 144 valence electrons. The zero-order valence-corrected chi connectivity index (χ0v) is 16.9. The Kier molecular flexibility index (Phi) is 7.59. The number of hydrogen-bond donors (Lipinski definition) is 0. The lowest BCUT2D eigenvalue weighted by Gasteiger charge is -2.30. The van der Waals surface area contributed by atoms with E-state index in [0.717, 1.165) is 25.9 Å². The molecule has 7 heteroatoms. The maximum absolute atomic E-state index is 13.1. The largest absolute Gasteiger partial charge is 0.308 e. The maximum Gasteiger partial charge on any atom is 0.218 e. The topological polar surface area (TPSA) is 67.7 Å². The van der Waals surface area contributed by atoms with E-state index in [1.807, 2.05) is 19.0 Å². The second-order valence-corrected chi connectivity index (χ2v) is 9.12. The molecule has 1 aliphatic heterocycles. The Bertz CT molecular complexity index is 727. The molecule has 0 N–H and O–H groups in total. The SMILES string of the molecule is CCN1CCCC1CN(CCN(C)C)S(=O)(=O)Cc1cccc(C#N)c1. The van der Waals surface area contributed by atoms with E-state index >= 15 is 0 Å². The van der Waals surface area contributed by atoms with E-state index in [1.54, 1.807) is 28.6 Å². The minimum atomic E-state index is -3.44. The van der Waals surface area contributed by atoms with E-state index in [1.165, 1.54) is 0 Å². The van der Waals surface area contributed by atoms with Gasteiger partial charge in [0.25, 0.3) is 0 Å². The van der Waals surface area contributed by atoms with Gasteiger partial charge < -0.3 is 4.90 Å². The molecule has 2 rings (SSSR count). The van der Waals surface area contributed by atoms with Crippen LogP contribution in [-0.4, -0.2) is 75.4 Å². The number of sulfonamides is 1. The molecule has 1 heterocycles. The van der Waals surface area contributed by atoms with E-state index in [4.69, 9.17) is 5.26 Å². The molecule has 1 aromatic rings. The summed E-state index contributed by atoms with van der Waals surface area (Å²) in [7, 11) is 0.462. The average molecular weight is 379 g/mol. The van der Waals surface area contributed by atoms with Crippen LogP contribution in [0.3, 0.4) is 0 Å². The van der Waals surface area contributed by atoms with Gasteiger partial charge in [-0.15, -0.1) is 0 Å². The first-order valence-corrected chi connectivity index (χ1v) is 10.8. The highest BCUT2D eigenvalue weighted by Crippen LogP contribution is 2.20. The summed E-state index contributed by atoms with van der Waals surface area (Å²) >= 11 is 0. The van der Waals surface area contributed by atoms with Gasteiger partial charge in [0.1, 0.15) is 0 Å². The third-order valence-electron chi connectivity index (χ3n) is 4.91. The lowest BCUT2D eigenvalue weighted by Crippen LogP contribution is -2.45. The molecule has 1 saturated heterocycles. The molecule has 0 radical (unpaired) electrons. The van der Waals surface area contributed by atoms with E-state index in [0.29, 0.717) is 36.8 Å². The molecule has 6 nitrogen and oxygen atoms in total. The number of hydrogen-bond acceptors (Lipinski definition) is 5. The summed E-state index contributed by atoms with van der Waals surface area (Å²) in [5.74, 6) is -0.0607. The predicted molar refractivity (Wildman–Crippen MR) is 104 cm³/mol. The van der Waals surface area contributed by atoms with Gasteiger partial charge in [0, 0.05) is 25.7 Å². The first kappa shape index (κ1) is 20.8. The Balaban J connectivity index is 2.17. The minimum Gasteiger partial charge on any atom is -0.308 e. The number of likely N-dealkylation sites (tertiary alicyclic amines) is 1. The van der Waals surface area contributed by atoms with E-state index in [2.05, 4.69) is 17.9 Å². The molecule has 26 heavy (non-hydrogen) atoms. The van der Waals surface area contributed by atoms with Gasteiger partial charge in [-0.2, -0.15) is 9.57 Å². The standard InChI is InChI=1S/C19H30N4O2S/c1-4-22-10-6-9-19(22)15-23(12-11-21(2)3)26(24,25)16-18-8-5-7-17(13-18)14-20/h5,7-8,13,19H,4,6,9-12,15-16H2,1-3H3. The van der Waals surface area contributed by atoms with Crippen LogP contribution in [0.1, 0.15) is 30.9 Å². The molecular formula is C19H30N4O2S. The summed E-state index contributed by atoms with van der Waals surface area (Å²) in [4.78, 5) is 4.37. The number of benzene rings is 1. The van der Waals surface area contributed by atoms with Gasteiger partial charge in [0.15, 0.2) is 0 Å². The van der Waals surface area contributed by atoms with Crippen molar-refractivity contribution in [3.63, 3.8) is 0 Å². The summed E-state index contributed by atoms with van der Waals surface area (Å²) in [5.41, 5.74) is 1.16. The van der Waals surface area contributed by atoms with Crippen molar-refractivity contribution < 1.29 is 8.42 Å². The zero-order chi connectivity index (χ0) is 19.2. The van der Waals surface area contributed by atoms with Crippen LogP contribution in [0.4, 0.5) is 0 Å². The van der Waals surface area contributed by atoms with Crippen LogP contribution in [0.2, 0.25) is 0 Å². The van der Waals surface area contributed by atoms with Crippen LogP contribution < -0.4 is 0 Å². The number of nitriles is 1. The Hall–Kier alpha value is -1.46. The van der Waals surface area contributed by atoms with E-state index < -0.39 is 10.0 Å². The van der Waals surface area contributed by atoms with Crippen molar-refractivity contribution in [2.24, 2.45) is 0 Å². The van der Waals surface area contributed by atoms with Crippen molar-refractivity contribution in [3.05, 3.63) is 35.4 Å². The van der Waals surface area contributed by atoms with Crippen molar-refractivity contribution >= 4 is 10.0 Å². The molecule has 0 spiro atoms. The summed E-state index contributed by atoms with van der Waals surface area (Å²) in [6.07, 6.45) is 2.18. The number of likely N-dealkylation sites (N-methyl/N-ethyl adjacent to an activating group) is 2. The molecule has 0 saturated carbocycles. The highest BCUT2D eigenvalue weighted by Gasteiger charge is 2.30.